The number of anilines is 1. The maximum absolute atomic E-state index is 5.39. The molecular weight excluding hydrogens is 202 g/mol. The maximum atomic E-state index is 5.39. The van der Waals surface area contributed by atoms with Crippen LogP contribution in [0.5, 0.6) is 0 Å². The van der Waals surface area contributed by atoms with Crippen molar-refractivity contribution in [2.45, 2.75) is 32.7 Å². The summed E-state index contributed by atoms with van der Waals surface area (Å²) in [6.07, 6.45) is 3.71. The molecule has 1 aromatic rings. The van der Waals surface area contributed by atoms with Crippen molar-refractivity contribution in [1.29, 1.82) is 0 Å². The summed E-state index contributed by atoms with van der Waals surface area (Å²) in [5.74, 6) is 1.52. The third kappa shape index (κ3) is 2.70. The molecule has 2 rings (SSSR count). The molecule has 0 aliphatic carbocycles. The average Bonchev–Trinajstić information content (AvgIpc) is 2.83. The minimum absolute atomic E-state index is 0.405. The molecule has 0 aromatic carbocycles. The Morgan fingerprint density at radius 2 is 2.44 bits per heavy atom. The van der Waals surface area contributed by atoms with Gasteiger partial charge >= 0.3 is 0 Å². The Bertz CT molecular complexity index is 337. The first-order chi connectivity index (χ1) is 7.79. The monoisotopic (exact) mass is 221 g/mol. The topological polar surface area (TPSA) is 47.0 Å². The number of hydrogen-bond donors (Lipinski definition) is 1. The summed E-state index contributed by atoms with van der Waals surface area (Å²) in [5.41, 5.74) is 1.08. The van der Waals surface area contributed by atoms with Gasteiger partial charge in [0.25, 0.3) is 0 Å². The Balaban J connectivity index is 1.96. The molecule has 4 nitrogen and oxygen atoms in total. The number of hydrogen-bond acceptors (Lipinski definition) is 4. The van der Waals surface area contributed by atoms with E-state index in [2.05, 4.69) is 29.1 Å². The first-order valence-electron chi connectivity index (χ1n) is 5.94. The van der Waals surface area contributed by atoms with Crippen LogP contribution in [0.15, 0.2) is 12.4 Å². The molecule has 1 saturated heterocycles. The third-order valence-electron chi connectivity index (χ3n) is 3.13. The number of nitrogens with zero attached hydrogens (tertiary/aromatic N) is 2. The molecule has 1 aliphatic rings. The largest absolute Gasteiger partial charge is 0.381 e. The molecule has 1 aromatic heterocycles. The summed E-state index contributed by atoms with van der Waals surface area (Å²) >= 11 is 0. The van der Waals surface area contributed by atoms with Gasteiger partial charge in [0.1, 0.15) is 12.1 Å². The smallest absolute Gasteiger partial charge is 0.129 e. The highest BCUT2D eigenvalue weighted by atomic mass is 16.5. The Kier molecular flexibility index (Phi) is 3.72. The van der Waals surface area contributed by atoms with Crippen molar-refractivity contribution in [3.05, 3.63) is 18.1 Å². The van der Waals surface area contributed by atoms with Crippen LogP contribution in [-0.2, 0) is 11.2 Å². The van der Waals surface area contributed by atoms with Gasteiger partial charge in [-0.05, 0) is 19.8 Å². The van der Waals surface area contributed by atoms with Gasteiger partial charge in [0.15, 0.2) is 0 Å². The molecule has 2 unspecified atom stereocenters. The zero-order chi connectivity index (χ0) is 11.4. The van der Waals surface area contributed by atoms with Gasteiger partial charge in [-0.1, -0.05) is 6.92 Å². The molecule has 0 radical (unpaired) electrons. The van der Waals surface area contributed by atoms with Crippen molar-refractivity contribution < 1.29 is 4.74 Å². The zero-order valence-electron chi connectivity index (χ0n) is 9.94. The van der Waals surface area contributed by atoms with E-state index in [1.165, 1.54) is 0 Å². The lowest BCUT2D eigenvalue weighted by molar-refractivity contribution is 0.183. The van der Waals surface area contributed by atoms with Crippen LogP contribution in [0, 0.1) is 5.92 Å². The van der Waals surface area contributed by atoms with Gasteiger partial charge in [-0.3, -0.25) is 0 Å². The summed E-state index contributed by atoms with van der Waals surface area (Å²) in [4.78, 5) is 8.42. The van der Waals surface area contributed by atoms with Crippen molar-refractivity contribution in [2.75, 3.05) is 18.5 Å². The van der Waals surface area contributed by atoms with E-state index in [-0.39, 0.29) is 0 Å². The van der Waals surface area contributed by atoms with Crippen LogP contribution in [0.25, 0.3) is 0 Å². The fourth-order valence-electron chi connectivity index (χ4n) is 1.97. The molecule has 0 bridgehead atoms. The molecule has 1 fully saturated rings. The zero-order valence-corrected chi connectivity index (χ0v) is 9.94. The maximum Gasteiger partial charge on any atom is 0.129 e. The Hall–Kier alpha value is -1.16. The molecule has 0 spiro atoms. The molecule has 2 atom stereocenters. The Labute approximate surface area is 96.4 Å². The highest BCUT2D eigenvalue weighted by Crippen LogP contribution is 2.19. The molecule has 4 heteroatoms. The van der Waals surface area contributed by atoms with Crippen LogP contribution in [0.4, 0.5) is 5.82 Å². The predicted molar refractivity (Wildman–Crippen MR) is 63.4 cm³/mol. The Morgan fingerprint density at radius 3 is 3.12 bits per heavy atom. The fourth-order valence-corrected chi connectivity index (χ4v) is 1.97. The van der Waals surface area contributed by atoms with Crippen LogP contribution in [0.3, 0.4) is 0 Å². The number of nitrogens with one attached hydrogen (secondary N) is 1. The van der Waals surface area contributed by atoms with E-state index >= 15 is 0 Å². The van der Waals surface area contributed by atoms with Gasteiger partial charge in [-0.25, -0.2) is 9.97 Å². The second-order valence-corrected chi connectivity index (χ2v) is 4.30. The third-order valence-corrected chi connectivity index (χ3v) is 3.13. The van der Waals surface area contributed by atoms with Gasteiger partial charge < -0.3 is 10.1 Å². The number of ether oxygens (including phenoxy) is 1. The van der Waals surface area contributed by atoms with Gasteiger partial charge in [-0.2, -0.15) is 0 Å². The van der Waals surface area contributed by atoms with Crippen molar-refractivity contribution in [2.24, 2.45) is 5.92 Å². The van der Waals surface area contributed by atoms with Crippen molar-refractivity contribution >= 4 is 5.82 Å². The number of aryl methyl sites for hydroxylation is 1. The van der Waals surface area contributed by atoms with E-state index in [0.717, 1.165) is 37.6 Å². The minimum atomic E-state index is 0.405. The van der Waals surface area contributed by atoms with Crippen molar-refractivity contribution in [3.63, 3.8) is 0 Å². The van der Waals surface area contributed by atoms with Crippen molar-refractivity contribution in [3.8, 4) is 0 Å². The lowest BCUT2D eigenvalue weighted by atomic mass is 10.0. The Morgan fingerprint density at radius 1 is 1.56 bits per heavy atom. The van der Waals surface area contributed by atoms with E-state index < -0.39 is 0 Å². The number of rotatable bonds is 4. The predicted octanol–water partition coefficient (Wildman–Crippen LogP) is 1.88. The van der Waals surface area contributed by atoms with Crippen LogP contribution in [-0.4, -0.2) is 29.2 Å². The first-order valence-corrected chi connectivity index (χ1v) is 5.94. The molecule has 16 heavy (non-hydrogen) atoms. The summed E-state index contributed by atoms with van der Waals surface area (Å²) in [6.45, 7) is 6.04. The van der Waals surface area contributed by atoms with E-state index in [1.54, 1.807) is 6.33 Å². The minimum Gasteiger partial charge on any atom is -0.381 e. The van der Waals surface area contributed by atoms with Gasteiger partial charge in [0.2, 0.25) is 0 Å². The van der Waals surface area contributed by atoms with Crippen LogP contribution < -0.4 is 5.32 Å². The lowest BCUT2D eigenvalue weighted by Gasteiger charge is -2.19. The summed E-state index contributed by atoms with van der Waals surface area (Å²) < 4.78 is 5.39. The molecule has 88 valence electrons. The highest BCUT2D eigenvalue weighted by Gasteiger charge is 2.22. The summed E-state index contributed by atoms with van der Waals surface area (Å²) in [5, 5.41) is 3.43. The quantitative estimate of drug-likeness (QED) is 0.843. The first kappa shape index (κ1) is 11.3. The van der Waals surface area contributed by atoms with Crippen LogP contribution in [0.2, 0.25) is 0 Å². The van der Waals surface area contributed by atoms with E-state index in [1.807, 2.05) is 6.07 Å². The number of aromatic nitrogens is 2. The van der Waals surface area contributed by atoms with Crippen molar-refractivity contribution in [1.82, 2.24) is 9.97 Å². The molecular formula is C12H19N3O. The van der Waals surface area contributed by atoms with Gasteiger partial charge in [0.05, 0.1) is 6.61 Å². The summed E-state index contributed by atoms with van der Waals surface area (Å²) in [6, 6.07) is 2.42. The van der Waals surface area contributed by atoms with E-state index in [9.17, 15) is 0 Å². The standard InChI is InChI=1S/C12H19N3O/c1-3-11-6-12(14-8-13-11)15-9(2)10-4-5-16-7-10/h6,8-10H,3-5,7H2,1-2H3,(H,13,14,15). The second kappa shape index (κ2) is 5.25. The SMILES string of the molecule is CCc1cc(NC(C)C2CCOC2)ncn1. The molecule has 0 saturated carbocycles. The fraction of sp³-hybridized carbons (Fsp3) is 0.667. The molecule has 1 N–H and O–H groups in total. The molecule has 0 amide bonds. The van der Waals surface area contributed by atoms with Gasteiger partial charge in [0, 0.05) is 30.3 Å². The van der Waals surface area contributed by atoms with Gasteiger partial charge in [-0.15, -0.1) is 0 Å². The molecule has 2 heterocycles. The summed E-state index contributed by atoms with van der Waals surface area (Å²) in [7, 11) is 0. The second-order valence-electron chi connectivity index (χ2n) is 4.30. The average molecular weight is 221 g/mol. The van der Waals surface area contributed by atoms with Crippen LogP contribution in [0.1, 0.15) is 26.0 Å². The highest BCUT2D eigenvalue weighted by molar-refractivity contribution is 5.36. The molecule has 1 aliphatic heterocycles. The van der Waals surface area contributed by atoms with E-state index in [4.69, 9.17) is 4.74 Å². The van der Waals surface area contributed by atoms with E-state index in [0.29, 0.717) is 12.0 Å². The lowest BCUT2D eigenvalue weighted by Crippen LogP contribution is -2.26. The normalized spacial score (nSPS) is 22.0. The van der Waals surface area contributed by atoms with Crippen LogP contribution >= 0.6 is 0 Å².